The lowest BCUT2D eigenvalue weighted by molar-refractivity contribution is -0.274. The van der Waals surface area contributed by atoms with E-state index in [0.717, 1.165) is 43.2 Å². The molecule has 31 heavy (non-hydrogen) atoms. The fourth-order valence-electron chi connectivity index (χ4n) is 5.59. The third-order valence-corrected chi connectivity index (χ3v) is 7.21. The van der Waals surface area contributed by atoms with Crippen LogP contribution in [0.15, 0.2) is 36.4 Å². The smallest absolute Gasteiger partial charge is 0.406 e. The van der Waals surface area contributed by atoms with E-state index in [1.54, 1.807) is 0 Å². The summed E-state index contributed by atoms with van der Waals surface area (Å²) < 4.78 is 70.6. The maximum atomic E-state index is 14.9. The molecule has 168 valence electrons. The molecule has 0 aromatic heterocycles. The van der Waals surface area contributed by atoms with E-state index in [1.165, 1.54) is 49.9 Å². The highest BCUT2D eigenvalue weighted by atomic mass is 19.4. The van der Waals surface area contributed by atoms with Crippen molar-refractivity contribution in [2.75, 3.05) is 0 Å². The fraction of sp³-hybridized carbons (Fsp3) is 0.520. The van der Waals surface area contributed by atoms with Gasteiger partial charge in [0.05, 0.1) is 5.56 Å². The van der Waals surface area contributed by atoms with E-state index in [1.807, 2.05) is 0 Å². The van der Waals surface area contributed by atoms with Crippen molar-refractivity contribution in [1.29, 1.82) is 0 Å². The number of fused-ring (bicyclic) bond motifs is 1. The summed E-state index contributed by atoms with van der Waals surface area (Å²) in [5.41, 5.74) is 0.643. The van der Waals surface area contributed by atoms with E-state index in [0.29, 0.717) is 11.5 Å². The highest BCUT2D eigenvalue weighted by Crippen LogP contribution is 2.48. The van der Waals surface area contributed by atoms with Crippen molar-refractivity contribution in [1.82, 2.24) is 0 Å². The average Bonchev–Trinajstić information content (AvgIpc) is 2.72. The van der Waals surface area contributed by atoms with E-state index in [-0.39, 0.29) is 17.0 Å². The van der Waals surface area contributed by atoms with E-state index >= 15 is 0 Å². The van der Waals surface area contributed by atoms with Gasteiger partial charge in [0.2, 0.25) is 0 Å². The minimum atomic E-state index is -4.81. The Hall–Kier alpha value is -2.11. The number of halogens is 5. The van der Waals surface area contributed by atoms with Crippen LogP contribution in [0.5, 0.6) is 5.75 Å². The minimum Gasteiger partial charge on any atom is -0.406 e. The summed E-state index contributed by atoms with van der Waals surface area (Å²) in [6, 6.07) is 7.40. The van der Waals surface area contributed by atoms with Crippen molar-refractivity contribution in [3.05, 3.63) is 53.6 Å². The van der Waals surface area contributed by atoms with Gasteiger partial charge in [-0.2, -0.15) is 0 Å². The third kappa shape index (κ3) is 5.04. The van der Waals surface area contributed by atoms with Crippen LogP contribution in [0.2, 0.25) is 0 Å². The molecule has 0 saturated heterocycles. The lowest BCUT2D eigenvalue weighted by Crippen LogP contribution is -2.30. The molecule has 0 radical (unpaired) electrons. The van der Waals surface area contributed by atoms with Gasteiger partial charge in [0.15, 0.2) is 0 Å². The largest absolute Gasteiger partial charge is 0.573 e. The summed E-state index contributed by atoms with van der Waals surface area (Å²) >= 11 is 0. The van der Waals surface area contributed by atoms with Crippen LogP contribution >= 0.6 is 0 Å². The molecule has 0 amide bonds. The standard InChI is InChI=1S/C25H27F5O/c1-2-15-3-4-18-12-19(6-5-17(18)11-15)20-13-22(26)24(23(27)14-20)16-7-9-21(10-8-16)31-25(28,29)30/h7-10,13-15,17-19H,2-6,11-12H2,1H3. The average molecular weight is 438 g/mol. The van der Waals surface area contributed by atoms with Crippen LogP contribution < -0.4 is 4.74 Å². The zero-order valence-electron chi connectivity index (χ0n) is 17.5. The van der Waals surface area contributed by atoms with Gasteiger partial charge in [-0.1, -0.05) is 31.9 Å². The monoisotopic (exact) mass is 438 g/mol. The summed E-state index contributed by atoms with van der Waals surface area (Å²) in [7, 11) is 0. The first-order valence-electron chi connectivity index (χ1n) is 11.1. The second-order valence-electron chi connectivity index (χ2n) is 9.05. The predicted octanol–water partition coefficient (Wildman–Crippen LogP) is 8.24. The van der Waals surface area contributed by atoms with Crippen molar-refractivity contribution in [2.24, 2.45) is 17.8 Å². The molecule has 4 atom stereocenters. The van der Waals surface area contributed by atoms with Gasteiger partial charge in [0.25, 0.3) is 0 Å². The highest BCUT2D eigenvalue weighted by molar-refractivity contribution is 5.66. The van der Waals surface area contributed by atoms with E-state index in [9.17, 15) is 22.0 Å². The van der Waals surface area contributed by atoms with Gasteiger partial charge in [-0.25, -0.2) is 8.78 Å². The molecule has 0 aliphatic heterocycles. The van der Waals surface area contributed by atoms with Crippen molar-refractivity contribution >= 4 is 0 Å². The van der Waals surface area contributed by atoms with Gasteiger partial charge >= 0.3 is 6.36 Å². The Morgan fingerprint density at radius 2 is 1.48 bits per heavy atom. The maximum absolute atomic E-state index is 14.9. The maximum Gasteiger partial charge on any atom is 0.573 e. The van der Waals surface area contributed by atoms with Crippen molar-refractivity contribution in [2.45, 2.75) is 64.1 Å². The molecule has 2 aromatic carbocycles. The third-order valence-electron chi connectivity index (χ3n) is 7.21. The lowest BCUT2D eigenvalue weighted by atomic mass is 9.63. The van der Waals surface area contributed by atoms with Crippen LogP contribution in [-0.4, -0.2) is 6.36 Å². The zero-order valence-corrected chi connectivity index (χ0v) is 17.5. The zero-order chi connectivity index (χ0) is 22.2. The van der Waals surface area contributed by atoms with Gasteiger partial charge in [0.1, 0.15) is 17.4 Å². The molecule has 0 bridgehead atoms. The number of ether oxygens (including phenoxy) is 1. The fourth-order valence-corrected chi connectivity index (χ4v) is 5.59. The second-order valence-corrected chi connectivity index (χ2v) is 9.05. The Balaban J connectivity index is 1.50. The molecule has 2 aliphatic carbocycles. The molecule has 2 fully saturated rings. The van der Waals surface area contributed by atoms with E-state index in [4.69, 9.17) is 0 Å². The molecule has 4 rings (SSSR count). The molecular weight excluding hydrogens is 411 g/mol. The molecule has 4 unspecified atom stereocenters. The Kier molecular flexibility index (Phi) is 6.27. The van der Waals surface area contributed by atoms with Crippen LogP contribution in [0.1, 0.15) is 63.4 Å². The predicted molar refractivity (Wildman–Crippen MR) is 110 cm³/mol. The van der Waals surface area contributed by atoms with Crippen LogP contribution in [-0.2, 0) is 0 Å². The SMILES string of the molecule is CCC1CCC2CC(c3cc(F)c(-c4ccc(OC(F)(F)F)cc4)c(F)c3)CCC2C1. The molecule has 6 heteroatoms. The van der Waals surface area contributed by atoms with Gasteiger partial charge < -0.3 is 4.74 Å². The molecule has 0 heterocycles. The van der Waals surface area contributed by atoms with Gasteiger partial charge in [-0.05, 0) is 91.2 Å². The summed E-state index contributed by atoms with van der Waals surface area (Å²) in [5, 5.41) is 0. The number of alkyl halides is 3. The lowest BCUT2D eigenvalue weighted by Gasteiger charge is -2.42. The van der Waals surface area contributed by atoms with Gasteiger partial charge in [-0.3, -0.25) is 0 Å². The van der Waals surface area contributed by atoms with Crippen molar-refractivity contribution in [3.63, 3.8) is 0 Å². The molecule has 0 spiro atoms. The highest BCUT2D eigenvalue weighted by Gasteiger charge is 2.36. The van der Waals surface area contributed by atoms with Crippen molar-refractivity contribution in [3.8, 4) is 16.9 Å². The topological polar surface area (TPSA) is 9.23 Å². The summed E-state index contributed by atoms with van der Waals surface area (Å²) in [6.07, 6.45) is 3.18. The van der Waals surface area contributed by atoms with E-state index < -0.39 is 23.7 Å². The molecule has 2 aliphatic rings. The normalized spacial score (nSPS) is 26.4. The number of hydrogen-bond donors (Lipinski definition) is 0. The first-order chi connectivity index (χ1) is 14.7. The molecular formula is C25H27F5O. The Labute approximate surface area is 179 Å². The summed E-state index contributed by atoms with van der Waals surface area (Å²) in [4.78, 5) is 0. The van der Waals surface area contributed by atoms with Crippen LogP contribution in [0.25, 0.3) is 11.1 Å². The van der Waals surface area contributed by atoms with Crippen LogP contribution in [0.4, 0.5) is 22.0 Å². The Bertz CT molecular complexity index is 882. The summed E-state index contributed by atoms with van der Waals surface area (Å²) in [5.74, 6) is 0.547. The van der Waals surface area contributed by atoms with Crippen LogP contribution in [0.3, 0.4) is 0 Å². The molecule has 0 N–H and O–H groups in total. The van der Waals surface area contributed by atoms with Crippen LogP contribution in [0, 0.1) is 29.4 Å². The van der Waals surface area contributed by atoms with Gasteiger partial charge in [-0.15, -0.1) is 13.2 Å². The van der Waals surface area contributed by atoms with Crippen molar-refractivity contribution < 1.29 is 26.7 Å². The Morgan fingerprint density at radius 3 is 2.10 bits per heavy atom. The Morgan fingerprint density at radius 1 is 0.871 bits per heavy atom. The number of hydrogen-bond acceptors (Lipinski definition) is 1. The van der Waals surface area contributed by atoms with Gasteiger partial charge in [0, 0.05) is 0 Å². The number of benzene rings is 2. The minimum absolute atomic E-state index is 0.153. The quantitative estimate of drug-likeness (QED) is 0.437. The number of rotatable bonds is 4. The molecule has 2 saturated carbocycles. The molecule has 1 nitrogen and oxygen atoms in total. The first kappa shape index (κ1) is 22.1. The summed E-state index contributed by atoms with van der Waals surface area (Å²) in [6.45, 7) is 2.25. The van der Waals surface area contributed by atoms with E-state index in [2.05, 4.69) is 11.7 Å². The molecule has 2 aromatic rings. The first-order valence-corrected chi connectivity index (χ1v) is 11.1. The second kappa shape index (κ2) is 8.79.